The molecule has 1 aliphatic rings. The normalized spacial score (nSPS) is 16.9. The fourth-order valence-corrected chi connectivity index (χ4v) is 7.33. The van der Waals surface area contributed by atoms with Gasteiger partial charge in [0.05, 0.1) is 24.3 Å². The first-order valence-electron chi connectivity index (χ1n) is 14.0. The molecular formula is C28H42N6O5SSi. The van der Waals surface area contributed by atoms with Crippen LogP contribution in [0.15, 0.2) is 30.6 Å². The predicted octanol–water partition coefficient (Wildman–Crippen LogP) is 4.31. The van der Waals surface area contributed by atoms with E-state index in [4.69, 9.17) is 9.47 Å². The van der Waals surface area contributed by atoms with Crippen LogP contribution in [0.25, 0.3) is 11.4 Å². The number of fused-ring (bicyclic) bond motifs is 3. The zero-order valence-electron chi connectivity index (χ0n) is 25.2. The Balaban J connectivity index is 1.87. The van der Waals surface area contributed by atoms with Crippen molar-refractivity contribution in [1.82, 2.24) is 24.7 Å². The second kappa shape index (κ2) is 12.2. The minimum absolute atomic E-state index is 0.137. The van der Waals surface area contributed by atoms with Gasteiger partial charge < -0.3 is 14.6 Å². The Morgan fingerprint density at radius 1 is 1.12 bits per heavy atom. The van der Waals surface area contributed by atoms with Crippen LogP contribution in [0.1, 0.15) is 49.9 Å². The Labute approximate surface area is 244 Å². The standard InChI is InChI=1S/C28H42N6O5SSi/c1-18(2)39-25(26-29-14-20(4)15-30-26)21(5)40(36,37)33(11-12-41(6,7)8)28-32-31-27-23-13-19(3)9-10-24(23)38-17-22(16-35)34(27)28/h9-10,13-15,18,21-22,25,35H,11-12,16-17H2,1-8H3/t21-,22-,25+/m0/s1. The summed E-state index contributed by atoms with van der Waals surface area (Å²) in [6.07, 6.45) is 2.13. The summed E-state index contributed by atoms with van der Waals surface area (Å²) >= 11 is 0. The highest BCUT2D eigenvalue weighted by Crippen LogP contribution is 2.39. The maximum Gasteiger partial charge on any atom is 0.243 e. The van der Waals surface area contributed by atoms with E-state index in [1.807, 2.05) is 45.9 Å². The Morgan fingerprint density at radius 2 is 1.80 bits per heavy atom. The lowest BCUT2D eigenvalue weighted by Crippen LogP contribution is -2.45. The Hall–Kier alpha value is -2.87. The number of rotatable bonds is 11. The number of aliphatic hydroxyl groups excluding tert-OH is 1. The van der Waals surface area contributed by atoms with E-state index in [1.54, 1.807) is 23.9 Å². The molecule has 3 aromatic rings. The highest BCUT2D eigenvalue weighted by atomic mass is 32.2. The number of benzene rings is 1. The van der Waals surface area contributed by atoms with E-state index in [0.29, 0.717) is 29.0 Å². The van der Waals surface area contributed by atoms with E-state index < -0.39 is 35.5 Å². The average molecular weight is 603 g/mol. The summed E-state index contributed by atoms with van der Waals surface area (Å²) in [7, 11) is -5.81. The first-order valence-corrected chi connectivity index (χ1v) is 19.2. The lowest BCUT2D eigenvalue weighted by molar-refractivity contribution is 0.00139. The lowest BCUT2D eigenvalue weighted by Gasteiger charge is -2.33. The van der Waals surface area contributed by atoms with Crippen LogP contribution < -0.4 is 9.04 Å². The molecule has 0 bridgehead atoms. The van der Waals surface area contributed by atoms with Crippen LogP contribution in [0.2, 0.25) is 25.7 Å². The second-order valence-electron chi connectivity index (χ2n) is 12.2. The highest BCUT2D eigenvalue weighted by Gasteiger charge is 2.42. The molecule has 4 rings (SSSR count). The molecule has 41 heavy (non-hydrogen) atoms. The summed E-state index contributed by atoms with van der Waals surface area (Å²) in [5.74, 6) is 1.51. The van der Waals surface area contributed by atoms with Crippen molar-refractivity contribution >= 4 is 24.0 Å². The number of aryl methyl sites for hydroxylation is 2. The molecule has 11 nitrogen and oxygen atoms in total. The fraction of sp³-hybridized carbons (Fsp3) is 0.571. The molecule has 0 amide bonds. The van der Waals surface area contributed by atoms with Crippen LogP contribution in [0.3, 0.4) is 0 Å². The minimum Gasteiger partial charge on any atom is -0.491 e. The van der Waals surface area contributed by atoms with Gasteiger partial charge in [-0.1, -0.05) is 31.3 Å². The maximum absolute atomic E-state index is 14.6. The van der Waals surface area contributed by atoms with Crippen LogP contribution in [-0.2, 0) is 14.8 Å². The van der Waals surface area contributed by atoms with Gasteiger partial charge in [0.25, 0.3) is 0 Å². The molecule has 1 N–H and O–H groups in total. The number of nitrogens with zero attached hydrogens (tertiary/aromatic N) is 6. The smallest absolute Gasteiger partial charge is 0.243 e. The average Bonchev–Trinajstić information content (AvgIpc) is 3.25. The molecule has 0 unspecified atom stereocenters. The molecule has 0 aliphatic carbocycles. The monoisotopic (exact) mass is 602 g/mol. The second-order valence-corrected chi connectivity index (χ2v) is 20.0. The Morgan fingerprint density at radius 3 is 2.41 bits per heavy atom. The molecule has 3 atom stereocenters. The minimum atomic E-state index is -4.11. The van der Waals surface area contributed by atoms with Crippen molar-refractivity contribution in [3.8, 4) is 17.1 Å². The van der Waals surface area contributed by atoms with Gasteiger partial charge in [0.2, 0.25) is 16.0 Å². The summed E-state index contributed by atoms with van der Waals surface area (Å²) in [5.41, 5.74) is 2.56. The van der Waals surface area contributed by atoms with Crippen LogP contribution >= 0.6 is 0 Å². The Kier molecular flexibility index (Phi) is 9.21. The zero-order chi connectivity index (χ0) is 30.1. The summed E-state index contributed by atoms with van der Waals surface area (Å²) in [6.45, 7) is 15.8. The van der Waals surface area contributed by atoms with Crippen LogP contribution in [0, 0.1) is 13.8 Å². The number of hydrogen-bond acceptors (Lipinski definition) is 9. The van der Waals surface area contributed by atoms with Crippen molar-refractivity contribution in [1.29, 1.82) is 0 Å². The van der Waals surface area contributed by atoms with Crippen molar-refractivity contribution in [2.45, 2.75) is 83.8 Å². The van der Waals surface area contributed by atoms with Crippen LogP contribution in [0.5, 0.6) is 5.75 Å². The topological polar surface area (TPSA) is 133 Å². The number of hydrogen-bond donors (Lipinski definition) is 1. The molecular weight excluding hydrogens is 560 g/mol. The highest BCUT2D eigenvalue weighted by molar-refractivity contribution is 7.93. The predicted molar refractivity (Wildman–Crippen MR) is 161 cm³/mol. The molecule has 1 aliphatic heterocycles. The van der Waals surface area contributed by atoms with Gasteiger partial charge in [-0.3, -0.25) is 4.57 Å². The third-order valence-corrected chi connectivity index (χ3v) is 10.9. The largest absolute Gasteiger partial charge is 0.491 e. The van der Waals surface area contributed by atoms with E-state index >= 15 is 0 Å². The molecule has 0 saturated heterocycles. The van der Waals surface area contributed by atoms with Crippen molar-refractivity contribution < 1.29 is 23.0 Å². The summed E-state index contributed by atoms with van der Waals surface area (Å²) in [5, 5.41) is 18.3. The van der Waals surface area contributed by atoms with Gasteiger partial charge >= 0.3 is 0 Å². The van der Waals surface area contributed by atoms with Gasteiger partial charge in [0.15, 0.2) is 11.6 Å². The van der Waals surface area contributed by atoms with Gasteiger partial charge in [-0.05, 0) is 58.4 Å². The van der Waals surface area contributed by atoms with Crippen LogP contribution in [0.4, 0.5) is 5.95 Å². The van der Waals surface area contributed by atoms with Gasteiger partial charge in [-0.25, -0.2) is 22.7 Å². The van der Waals surface area contributed by atoms with Gasteiger partial charge in [0, 0.05) is 27.0 Å². The van der Waals surface area contributed by atoms with E-state index in [-0.39, 0.29) is 31.8 Å². The number of ether oxygens (including phenoxy) is 2. The summed E-state index contributed by atoms with van der Waals surface area (Å²) in [6, 6.07) is 5.83. The molecule has 2 aromatic heterocycles. The molecule has 0 radical (unpaired) electrons. The van der Waals surface area contributed by atoms with E-state index in [9.17, 15) is 13.5 Å². The van der Waals surface area contributed by atoms with Crippen molar-refractivity contribution in [3.63, 3.8) is 0 Å². The number of aliphatic hydroxyl groups is 1. The molecule has 13 heteroatoms. The van der Waals surface area contributed by atoms with E-state index in [0.717, 1.165) is 11.1 Å². The lowest BCUT2D eigenvalue weighted by atomic mass is 10.1. The van der Waals surface area contributed by atoms with Crippen molar-refractivity contribution in [2.75, 3.05) is 24.1 Å². The molecule has 0 spiro atoms. The van der Waals surface area contributed by atoms with Gasteiger partial charge in [-0.15, -0.1) is 10.2 Å². The maximum atomic E-state index is 14.6. The molecule has 0 saturated carbocycles. The summed E-state index contributed by atoms with van der Waals surface area (Å²) in [4.78, 5) is 8.84. The fourth-order valence-electron chi connectivity index (χ4n) is 4.67. The third kappa shape index (κ3) is 6.79. The summed E-state index contributed by atoms with van der Waals surface area (Å²) < 4.78 is 44.4. The van der Waals surface area contributed by atoms with Gasteiger partial charge in [-0.2, -0.15) is 0 Å². The van der Waals surface area contributed by atoms with E-state index in [2.05, 4.69) is 39.8 Å². The molecule has 1 aromatic carbocycles. The van der Waals surface area contributed by atoms with E-state index in [1.165, 1.54) is 4.31 Å². The first-order chi connectivity index (χ1) is 19.2. The first kappa shape index (κ1) is 31.1. The molecule has 0 fully saturated rings. The quantitative estimate of drug-likeness (QED) is 0.319. The number of aromatic nitrogens is 5. The number of sulfonamides is 1. The zero-order valence-corrected chi connectivity index (χ0v) is 27.0. The number of anilines is 1. The van der Waals surface area contributed by atoms with Gasteiger partial charge in [0.1, 0.15) is 23.7 Å². The third-order valence-electron chi connectivity index (χ3n) is 7.03. The SMILES string of the molecule is Cc1cnc([C@H](OC(C)C)[C@H](C)S(=O)(=O)N(CC[Si](C)(C)C)c2nnc3n2[C@@H](CO)COc2ccc(C)cc2-3)nc1. The van der Waals surface area contributed by atoms with Crippen molar-refractivity contribution in [2.24, 2.45) is 0 Å². The Bertz CT molecular complexity index is 1460. The van der Waals surface area contributed by atoms with Crippen LogP contribution in [-0.4, -0.2) is 77.4 Å². The van der Waals surface area contributed by atoms with Crippen molar-refractivity contribution in [3.05, 3.63) is 47.5 Å². The molecule has 224 valence electrons. The molecule has 3 heterocycles.